The van der Waals surface area contributed by atoms with Gasteiger partial charge in [0.2, 0.25) is 15.9 Å². The van der Waals surface area contributed by atoms with Gasteiger partial charge in [0.15, 0.2) is 0 Å². The summed E-state index contributed by atoms with van der Waals surface area (Å²) in [5, 5.41) is 2.66. The third-order valence-electron chi connectivity index (χ3n) is 3.46. The average Bonchev–Trinajstić information content (AvgIpc) is 2.55. The lowest BCUT2D eigenvalue weighted by Gasteiger charge is -2.20. The molecule has 2 aromatic rings. The van der Waals surface area contributed by atoms with E-state index < -0.39 is 21.7 Å². The maximum atomic E-state index is 13.0. The lowest BCUT2D eigenvalue weighted by atomic mass is 10.2. The molecule has 0 atom stereocenters. The zero-order chi connectivity index (χ0) is 17.7. The quantitative estimate of drug-likeness (QED) is 0.871. The summed E-state index contributed by atoms with van der Waals surface area (Å²) >= 11 is 0. The van der Waals surface area contributed by atoms with Crippen LogP contribution in [0, 0.1) is 12.7 Å². The molecule has 1 amide bonds. The van der Waals surface area contributed by atoms with Crippen LogP contribution in [0.15, 0.2) is 53.4 Å². The first-order valence-corrected chi connectivity index (χ1v) is 8.89. The van der Waals surface area contributed by atoms with E-state index in [4.69, 9.17) is 0 Å². The van der Waals surface area contributed by atoms with Crippen LogP contribution in [0.3, 0.4) is 0 Å². The van der Waals surface area contributed by atoms with Gasteiger partial charge in [-0.25, -0.2) is 12.8 Å². The Labute approximate surface area is 141 Å². The van der Waals surface area contributed by atoms with Crippen LogP contribution in [0.4, 0.5) is 10.1 Å². The number of carbonyl (C=O) groups is 1. The smallest absolute Gasteiger partial charge is 0.243 e. The molecular formula is C17H19FN2O3S. The Morgan fingerprint density at radius 1 is 1.08 bits per heavy atom. The number of anilines is 1. The Bertz CT molecular complexity index is 803. The van der Waals surface area contributed by atoms with Crippen molar-refractivity contribution in [1.82, 2.24) is 4.31 Å². The summed E-state index contributed by atoms with van der Waals surface area (Å²) in [6, 6.07) is 11.7. The standard InChI is InChI=1S/C17H19FN2O3S/c1-3-20(24(22,23)16-10-6-14(18)7-11-16)12-17(21)19-15-8-4-13(2)5-9-15/h4-11H,3,12H2,1-2H3,(H,19,21). The second-order valence-electron chi connectivity index (χ2n) is 5.30. The van der Waals surface area contributed by atoms with Crippen molar-refractivity contribution in [2.75, 3.05) is 18.4 Å². The minimum Gasteiger partial charge on any atom is -0.325 e. The topological polar surface area (TPSA) is 66.5 Å². The summed E-state index contributed by atoms with van der Waals surface area (Å²) in [5.41, 5.74) is 1.66. The van der Waals surface area contributed by atoms with Crippen LogP contribution in [-0.2, 0) is 14.8 Å². The molecule has 0 saturated carbocycles. The Kier molecular flexibility index (Phi) is 5.69. The number of hydrogen-bond donors (Lipinski definition) is 1. The average molecular weight is 350 g/mol. The number of likely N-dealkylation sites (N-methyl/N-ethyl adjacent to an activating group) is 1. The number of sulfonamides is 1. The first-order valence-electron chi connectivity index (χ1n) is 7.45. The first-order chi connectivity index (χ1) is 11.3. The number of nitrogens with one attached hydrogen (secondary N) is 1. The van der Waals surface area contributed by atoms with Crippen LogP contribution in [0.1, 0.15) is 12.5 Å². The second kappa shape index (κ2) is 7.55. The number of halogens is 1. The highest BCUT2D eigenvalue weighted by Gasteiger charge is 2.25. The van der Waals surface area contributed by atoms with E-state index in [1.54, 1.807) is 19.1 Å². The van der Waals surface area contributed by atoms with Gasteiger partial charge in [0.1, 0.15) is 5.82 Å². The normalized spacial score (nSPS) is 11.5. The SMILES string of the molecule is CCN(CC(=O)Nc1ccc(C)cc1)S(=O)(=O)c1ccc(F)cc1. The first kappa shape index (κ1) is 18.1. The largest absolute Gasteiger partial charge is 0.325 e. The summed E-state index contributed by atoms with van der Waals surface area (Å²) in [5.74, 6) is -0.958. The van der Waals surface area contributed by atoms with Gasteiger partial charge in [-0.1, -0.05) is 24.6 Å². The number of hydrogen-bond acceptors (Lipinski definition) is 3. The van der Waals surface area contributed by atoms with Crippen molar-refractivity contribution >= 4 is 21.6 Å². The predicted molar refractivity (Wildman–Crippen MR) is 90.6 cm³/mol. The molecule has 128 valence electrons. The molecule has 7 heteroatoms. The molecule has 0 aliphatic heterocycles. The van der Waals surface area contributed by atoms with E-state index in [1.807, 2.05) is 19.1 Å². The van der Waals surface area contributed by atoms with E-state index in [0.717, 1.165) is 22.0 Å². The molecule has 2 rings (SSSR count). The summed E-state index contributed by atoms with van der Waals surface area (Å²) in [6.45, 7) is 3.38. The van der Waals surface area contributed by atoms with E-state index in [9.17, 15) is 17.6 Å². The van der Waals surface area contributed by atoms with Crippen LogP contribution in [-0.4, -0.2) is 31.7 Å². The Balaban J connectivity index is 2.11. The van der Waals surface area contributed by atoms with Crippen LogP contribution < -0.4 is 5.32 Å². The van der Waals surface area contributed by atoms with Gasteiger partial charge in [-0.15, -0.1) is 0 Å². The van der Waals surface area contributed by atoms with E-state index in [0.29, 0.717) is 5.69 Å². The summed E-state index contributed by atoms with van der Waals surface area (Å²) < 4.78 is 39.1. The molecular weight excluding hydrogens is 331 g/mol. The van der Waals surface area contributed by atoms with Crippen LogP contribution in [0.2, 0.25) is 0 Å². The van der Waals surface area contributed by atoms with Gasteiger partial charge in [0, 0.05) is 12.2 Å². The molecule has 0 saturated heterocycles. The van der Waals surface area contributed by atoms with Crippen LogP contribution in [0.25, 0.3) is 0 Å². The van der Waals surface area contributed by atoms with Gasteiger partial charge in [0.25, 0.3) is 0 Å². The van der Waals surface area contributed by atoms with Gasteiger partial charge < -0.3 is 5.32 Å². The molecule has 5 nitrogen and oxygen atoms in total. The van der Waals surface area contributed by atoms with Crippen molar-refractivity contribution in [3.63, 3.8) is 0 Å². The number of rotatable bonds is 6. The number of amides is 1. The van der Waals surface area contributed by atoms with Crippen molar-refractivity contribution in [1.29, 1.82) is 0 Å². The highest BCUT2D eigenvalue weighted by Crippen LogP contribution is 2.16. The van der Waals surface area contributed by atoms with Crippen LogP contribution >= 0.6 is 0 Å². The molecule has 0 unspecified atom stereocenters. The third kappa shape index (κ3) is 4.39. The fourth-order valence-corrected chi connectivity index (χ4v) is 3.53. The molecule has 0 fully saturated rings. The molecule has 24 heavy (non-hydrogen) atoms. The zero-order valence-electron chi connectivity index (χ0n) is 13.5. The summed E-state index contributed by atoms with van der Waals surface area (Å²) in [6.07, 6.45) is 0. The Morgan fingerprint density at radius 3 is 2.21 bits per heavy atom. The Hall–Kier alpha value is -2.25. The van der Waals surface area contributed by atoms with Gasteiger partial charge >= 0.3 is 0 Å². The fourth-order valence-electron chi connectivity index (χ4n) is 2.12. The molecule has 0 spiro atoms. The molecule has 1 N–H and O–H groups in total. The molecule has 0 aliphatic carbocycles. The van der Waals surface area contributed by atoms with E-state index in [2.05, 4.69) is 5.32 Å². The maximum Gasteiger partial charge on any atom is 0.243 e. The van der Waals surface area contributed by atoms with E-state index in [1.165, 1.54) is 12.1 Å². The van der Waals surface area contributed by atoms with Crippen molar-refractivity contribution in [2.45, 2.75) is 18.7 Å². The van der Waals surface area contributed by atoms with Crippen molar-refractivity contribution < 1.29 is 17.6 Å². The number of nitrogens with zero attached hydrogens (tertiary/aromatic N) is 1. The minimum absolute atomic E-state index is 0.0473. The van der Waals surface area contributed by atoms with Crippen LogP contribution in [0.5, 0.6) is 0 Å². The predicted octanol–water partition coefficient (Wildman–Crippen LogP) is 2.78. The fraction of sp³-hybridized carbons (Fsp3) is 0.235. The number of benzene rings is 2. The lowest BCUT2D eigenvalue weighted by Crippen LogP contribution is -2.37. The number of carbonyl (C=O) groups excluding carboxylic acids is 1. The molecule has 0 aliphatic rings. The summed E-state index contributed by atoms with van der Waals surface area (Å²) in [4.78, 5) is 12.1. The maximum absolute atomic E-state index is 13.0. The minimum atomic E-state index is -3.86. The summed E-state index contributed by atoms with van der Waals surface area (Å²) in [7, 11) is -3.86. The molecule has 2 aromatic carbocycles. The lowest BCUT2D eigenvalue weighted by molar-refractivity contribution is -0.116. The molecule has 0 radical (unpaired) electrons. The monoisotopic (exact) mass is 350 g/mol. The molecule has 0 aromatic heterocycles. The Morgan fingerprint density at radius 2 is 1.67 bits per heavy atom. The van der Waals surface area contributed by atoms with Crippen molar-refractivity contribution in [2.24, 2.45) is 0 Å². The van der Waals surface area contributed by atoms with Gasteiger partial charge in [0.05, 0.1) is 11.4 Å². The van der Waals surface area contributed by atoms with Gasteiger partial charge in [-0.3, -0.25) is 4.79 Å². The van der Waals surface area contributed by atoms with E-state index >= 15 is 0 Å². The van der Waals surface area contributed by atoms with E-state index in [-0.39, 0.29) is 18.0 Å². The highest BCUT2D eigenvalue weighted by molar-refractivity contribution is 7.89. The number of aryl methyl sites for hydroxylation is 1. The highest BCUT2D eigenvalue weighted by atomic mass is 32.2. The van der Waals surface area contributed by atoms with Gasteiger partial charge in [-0.2, -0.15) is 4.31 Å². The zero-order valence-corrected chi connectivity index (χ0v) is 14.3. The van der Waals surface area contributed by atoms with Crippen molar-refractivity contribution in [3.05, 3.63) is 59.9 Å². The molecule has 0 bridgehead atoms. The molecule has 0 heterocycles. The van der Waals surface area contributed by atoms with Gasteiger partial charge in [-0.05, 0) is 43.3 Å². The second-order valence-corrected chi connectivity index (χ2v) is 7.24. The van der Waals surface area contributed by atoms with Crippen molar-refractivity contribution in [3.8, 4) is 0 Å². The third-order valence-corrected chi connectivity index (χ3v) is 5.39.